The van der Waals surface area contributed by atoms with Crippen molar-refractivity contribution in [2.45, 2.75) is 32.5 Å². The van der Waals surface area contributed by atoms with Crippen molar-refractivity contribution >= 4 is 5.91 Å². The molecule has 4 nitrogen and oxygen atoms in total. The first kappa shape index (κ1) is 11.5. The fraction of sp³-hybridized carbons (Fsp3) is 0.900. The van der Waals surface area contributed by atoms with Crippen LogP contribution in [0.15, 0.2) is 0 Å². The Morgan fingerprint density at radius 3 is 2.93 bits per heavy atom. The van der Waals surface area contributed by atoms with Gasteiger partial charge in [-0.3, -0.25) is 4.79 Å². The molecule has 3 unspecified atom stereocenters. The Morgan fingerprint density at radius 1 is 1.64 bits per heavy atom. The van der Waals surface area contributed by atoms with E-state index in [1.807, 2.05) is 0 Å². The van der Waals surface area contributed by atoms with Crippen LogP contribution < -0.4 is 10.6 Å². The molecule has 0 aromatic rings. The first-order valence-corrected chi connectivity index (χ1v) is 5.23. The van der Waals surface area contributed by atoms with E-state index < -0.39 is 0 Å². The average Bonchev–Trinajstić information content (AvgIpc) is 2.20. The summed E-state index contributed by atoms with van der Waals surface area (Å²) in [4.78, 5) is 11.2. The predicted octanol–water partition coefficient (Wildman–Crippen LogP) is 0.135. The van der Waals surface area contributed by atoms with Crippen LogP contribution in [0.3, 0.4) is 0 Å². The highest BCUT2D eigenvalue weighted by Crippen LogP contribution is 2.16. The molecule has 2 N–H and O–H groups in total. The van der Waals surface area contributed by atoms with Crippen molar-refractivity contribution in [3.05, 3.63) is 0 Å². The van der Waals surface area contributed by atoms with E-state index in [1.54, 1.807) is 14.0 Å². The topological polar surface area (TPSA) is 50.4 Å². The lowest BCUT2D eigenvalue weighted by molar-refractivity contribution is -0.137. The third kappa shape index (κ3) is 2.96. The van der Waals surface area contributed by atoms with Gasteiger partial charge < -0.3 is 15.4 Å². The van der Waals surface area contributed by atoms with Crippen molar-refractivity contribution in [2.75, 3.05) is 20.1 Å². The van der Waals surface area contributed by atoms with Crippen LogP contribution in [0.4, 0.5) is 0 Å². The third-order valence-corrected chi connectivity index (χ3v) is 2.75. The highest BCUT2D eigenvalue weighted by atomic mass is 16.5. The van der Waals surface area contributed by atoms with Gasteiger partial charge in [-0.2, -0.15) is 0 Å². The zero-order chi connectivity index (χ0) is 10.6. The number of rotatable bonds is 3. The average molecular weight is 200 g/mol. The lowest BCUT2D eigenvalue weighted by Crippen LogP contribution is -2.45. The van der Waals surface area contributed by atoms with Gasteiger partial charge in [-0.1, -0.05) is 6.92 Å². The van der Waals surface area contributed by atoms with Gasteiger partial charge in [-0.25, -0.2) is 0 Å². The Labute approximate surface area is 85.4 Å². The second-order valence-electron chi connectivity index (χ2n) is 3.90. The molecular weight excluding hydrogens is 180 g/mol. The molecule has 4 heteroatoms. The lowest BCUT2D eigenvalue weighted by Gasteiger charge is -2.31. The first-order valence-electron chi connectivity index (χ1n) is 5.23. The number of nitrogens with one attached hydrogen (secondary N) is 2. The van der Waals surface area contributed by atoms with E-state index in [9.17, 15) is 4.79 Å². The standard InChI is InChI=1S/C10H20N2O2/c1-7-4-5-12-6-9(7)14-8(2)10(13)11-3/h7-9,12H,4-6H2,1-3H3,(H,11,13). The molecule has 0 bridgehead atoms. The molecule has 0 aromatic heterocycles. The van der Waals surface area contributed by atoms with E-state index in [0.29, 0.717) is 5.92 Å². The molecule has 0 aromatic carbocycles. The highest BCUT2D eigenvalue weighted by molar-refractivity contribution is 5.79. The van der Waals surface area contributed by atoms with Crippen LogP contribution in [-0.2, 0) is 9.53 Å². The molecule has 1 aliphatic heterocycles. The molecule has 1 amide bonds. The fourth-order valence-electron chi connectivity index (χ4n) is 1.67. The molecule has 1 fully saturated rings. The maximum absolute atomic E-state index is 11.2. The SMILES string of the molecule is CNC(=O)C(C)OC1CNCCC1C. The van der Waals surface area contributed by atoms with Gasteiger partial charge in [-0.15, -0.1) is 0 Å². The van der Waals surface area contributed by atoms with Gasteiger partial charge in [0, 0.05) is 13.6 Å². The van der Waals surface area contributed by atoms with Gasteiger partial charge in [0.05, 0.1) is 6.10 Å². The maximum atomic E-state index is 11.2. The summed E-state index contributed by atoms with van der Waals surface area (Å²) in [5, 5.41) is 5.86. The Bertz CT molecular complexity index is 197. The summed E-state index contributed by atoms with van der Waals surface area (Å²) in [6.45, 7) is 5.86. The number of hydrogen-bond acceptors (Lipinski definition) is 3. The quantitative estimate of drug-likeness (QED) is 0.681. The molecule has 82 valence electrons. The molecule has 0 radical (unpaired) electrons. The Morgan fingerprint density at radius 2 is 2.36 bits per heavy atom. The summed E-state index contributed by atoms with van der Waals surface area (Å²) >= 11 is 0. The van der Waals surface area contributed by atoms with Gasteiger partial charge in [0.25, 0.3) is 0 Å². The van der Waals surface area contributed by atoms with Crippen LogP contribution in [0.2, 0.25) is 0 Å². The van der Waals surface area contributed by atoms with Crippen LogP contribution in [-0.4, -0.2) is 38.3 Å². The second-order valence-corrected chi connectivity index (χ2v) is 3.90. The Balaban J connectivity index is 2.38. The van der Waals surface area contributed by atoms with Crippen LogP contribution in [0.5, 0.6) is 0 Å². The molecule has 14 heavy (non-hydrogen) atoms. The van der Waals surface area contributed by atoms with Gasteiger partial charge in [-0.05, 0) is 25.8 Å². The van der Waals surface area contributed by atoms with Crippen molar-refractivity contribution in [2.24, 2.45) is 5.92 Å². The number of piperidine rings is 1. The normalized spacial score (nSPS) is 29.6. The molecule has 0 aliphatic carbocycles. The zero-order valence-electron chi connectivity index (χ0n) is 9.17. The second kappa shape index (κ2) is 5.32. The van der Waals surface area contributed by atoms with E-state index in [0.717, 1.165) is 19.5 Å². The van der Waals surface area contributed by atoms with Crippen LogP contribution >= 0.6 is 0 Å². The molecule has 1 heterocycles. The minimum absolute atomic E-state index is 0.0530. The summed E-state index contributed by atoms with van der Waals surface area (Å²) in [6.07, 6.45) is 0.925. The smallest absolute Gasteiger partial charge is 0.248 e. The summed E-state index contributed by atoms with van der Waals surface area (Å²) in [5.41, 5.74) is 0. The van der Waals surface area contributed by atoms with Crippen molar-refractivity contribution in [3.8, 4) is 0 Å². The van der Waals surface area contributed by atoms with Crippen LogP contribution in [0.1, 0.15) is 20.3 Å². The van der Waals surface area contributed by atoms with Crippen molar-refractivity contribution < 1.29 is 9.53 Å². The number of likely N-dealkylation sites (N-methyl/N-ethyl adjacent to an activating group) is 1. The van der Waals surface area contributed by atoms with Gasteiger partial charge in [0.1, 0.15) is 6.10 Å². The molecule has 1 rings (SSSR count). The monoisotopic (exact) mass is 200 g/mol. The first-order chi connectivity index (χ1) is 6.65. The number of carbonyl (C=O) groups excluding carboxylic acids is 1. The maximum Gasteiger partial charge on any atom is 0.248 e. The molecule has 0 spiro atoms. The van der Waals surface area contributed by atoms with Crippen molar-refractivity contribution in [1.82, 2.24) is 10.6 Å². The van der Waals surface area contributed by atoms with E-state index >= 15 is 0 Å². The van der Waals surface area contributed by atoms with E-state index in [1.165, 1.54) is 0 Å². The highest BCUT2D eigenvalue weighted by Gasteiger charge is 2.25. The van der Waals surface area contributed by atoms with Gasteiger partial charge >= 0.3 is 0 Å². The molecule has 3 atom stereocenters. The summed E-state index contributed by atoms with van der Waals surface area (Å²) in [6, 6.07) is 0. The largest absolute Gasteiger partial charge is 0.364 e. The Hall–Kier alpha value is -0.610. The minimum Gasteiger partial charge on any atom is -0.364 e. The fourth-order valence-corrected chi connectivity index (χ4v) is 1.67. The van der Waals surface area contributed by atoms with Crippen LogP contribution in [0, 0.1) is 5.92 Å². The number of ether oxygens (including phenoxy) is 1. The summed E-state index contributed by atoms with van der Waals surface area (Å²) in [7, 11) is 1.63. The summed E-state index contributed by atoms with van der Waals surface area (Å²) in [5.74, 6) is 0.478. The minimum atomic E-state index is -0.354. The molecule has 1 aliphatic rings. The number of hydrogen-bond donors (Lipinski definition) is 2. The molecule has 0 saturated carbocycles. The Kier molecular flexibility index (Phi) is 4.35. The van der Waals surface area contributed by atoms with Crippen LogP contribution in [0.25, 0.3) is 0 Å². The zero-order valence-corrected chi connectivity index (χ0v) is 9.17. The van der Waals surface area contributed by atoms with Gasteiger partial charge in [0.2, 0.25) is 5.91 Å². The van der Waals surface area contributed by atoms with E-state index in [2.05, 4.69) is 17.6 Å². The molecule has 1 saturated heterocycles. The molecular formula is C10H20N2O2. The van der Waals surface area contributed by atoms with E-state index in [4.69, 9.17) is 4.74 Å². The number of amides is 1. The lowest BCUT2D eigenvalue weighted by atomic mass is 9.97. The van der Waals surface area contributed by atoms with Crippen molar-refractivity contribution in [3.63, 3.8) is 0 Å². The number of carbonyl (C=O) groups is 1. The summed E-state index contributed by atoms with van der Waals surface area (Å²) < 4.78 is 5.68. The van der Waals surface area contributed by atoms with Gasteiger partial charge in [0.15, 0.2) is 0 Å². The van der Waals surface area contributed by atoms with Crippen molar-refractivity contribution in [1.29, 1.82) is 0 Å². The third-order valence-electron chi connectivity index (χ3n) is 2.75. The van der Waals surface area contributed by atoms with E-state index in [-0.39, 0.29) is 18.1 Å². The predicted molar refractivity (Wildman–Crippen MR) is 55.1 cm³/mol.